The fourth-order valence-electron chi connectivity index (χ4n) is 8.39. The minimum Gasteiger partial charge on any atom is -0.507 e. The number of piperazine rings is 1. The van der Waals surface area contributed by atoms with Gasteiger partial charge >= 0.3 is 0 Å². The number of anilines is 3. The summed E-state index contributed by atoms with van der Waals surface area (Å²) < 4.78 is 36.9. The van der Waals surface area contributed by atoms with Gasteiger partial charge in [0.2, 0.25) is 11.8 Å². The van der Waals surface area contributed by atoms with Crippen LogP contribution in [0, 0.1) is 17.6 Å². The number of aromatic hydroxyl groups is 1. The number of piperidine rings is 2. The lowest BCUT2D eigenvalue weighted by Gasteiger charge is -2.49. The topological polar surface area (TPSA) is 123 Å². The van der Waals surface area contributed by atoms with E-state index >= 15 is 8.78 Å². The van der Waals surface area contributed by atoms with Crippen LogP contribution in [0.2, 0.25) is 0 Å². The molecule has 2 unspecified atom stereocenters. The summed E-state index contributed by atoms with van der Waals surface area (Å²) in [5.74, 6) is -2.15. The van der Waals surface area contributed by atoms with Crippen molar-refractivity contribution in [1.29, 1.82) is 0 Å². The highest BCUT2D eigenvalue weighted by molar-refractivity contribution is 6.01. The largest absolute Gasteiger partial charge is 0.507 e. The quantitative estimate of drug-likeness (QED) is 0.343. The van der Waals surface area contributed by atoms with E-state index in [0.717, 1.165) is 69.9 Å². The molecular weight excluding hydrogens is 632 g/mol. The molecule has 2 aromatic carbocycles. The first kappa shape index (κ1) is 31.9. The van der Waals surface area contributed by atoms with Crippen molar-refractivity contribution in [3.8, 4) is 17.0 Å². The number of hydrogen-bond acceptors (Lipinski definition) is 10. The first-order valence-corrected chi connectivity index (χ1v) is 17.4. The summed E-state index contributed by atoms with van der Waals surface area (Å²) in [5.41, 5.74) is 2.34. The molecule has 3 atom stereocenters. The SMILES string of the molecule is O=C1CCC(c2c(F)cc(N3CCC4(CCC(CN5CCN6c7cc(-c8ccccc8O)nnc7NC[C@H]6C5)CO4)CC3)cc2F)C(=O)N1. The molecule has 0 aliphatic carbocycles. The van der Waals surface area contributed by atoms with Gasteiger partial charge in [0.1, 0.15) is 17.4 Å². The number of nitrogens with zero attached hydrogens (tertiary/aromatic N) is 5. The third kappa shape index (κ3) is 6.18. The summed E-state index contributed by atoms with van der Waals surface area (Å²) in [6, 6.07) is 12.2. The van der Waals surface area contributed by atoms with Gasteiger partial charge in [-0.3, -0.25) is 19.8 Å². The van der Waals surface area contributed by atoms with Crippen molar-refractivity contribution in [2.75, 3.05) is 67.5 Å². The van der Waals surface area contributed by atoms with Gasteiger partial charge in [-0.1, -0.05) is 12.1 Å². The van der Waals surface area contributed by atoms with Gasteiger partial charge in [0.15, 0.2) is 5.82 Å². The van der Waals surface area contributed by atoms with Crippen LogP contribution in [0.15, 0.2) is 42.5 Å². The summed E-state index contributed by atoms with van der Waals surface area (Å²) >= 11 is 0. The van der Waals surface area contributed by atoms with Gasteiger partial charge in [-0.25, -0.2) is 8.78 Å². The van der Waals surface area contributed by atoms with Crippen molar-refractivity contribution in [3.05, 3.63) is 59.7 Å². The van der Waals surface area contributed by atoms with E-state index in [4.69, 9.17) is 4.74 Å². The number of amides is 2. The normalized spacial score (nSPS) is 25.4. The fraction of sp³-hybridized carbons (Fsp3) is 0.500. The summed E-state index contributed by atoms with van der Waals surface area (Å²) in [7, 11) is 0. The molecule has 6 heterocycles. The molecule has 4 fully saturated rings. The summed E-state index contributed by atoms with van der Waals surface area (Å²) in [5, 5.41) is 24.8. The molecule has 1 spiro atoms. The van der Waals surface area contributed by atoms with Crippen LogP contribution in [-0.2, 0) is 14.3 Å². The van der Waals surface area contributed by atoms with Crippen LogP contribution in [0.5, 0.6) is 5.75 Å². The van der Waals surface area contributed by atoms with E-state index in [1.807, 2.05) is 23.1 Å². The Balaban J connectivity index is 0.838. The first-order chi connectivity index (χ1) is 23.7. The maximum Gasteiger partial charge on any atom is 0.234 e. The maximum absolute atomic E-state index is 15.2. The number of imide groups is 1. The zero-order chi connectivity index (χ0) is 33.7. The molecule has 49 heavy (non-hydrogen) atoms. The fourth-order valence-corrected chi connectivity index (χ4v) is 8.39. The summed E-state index contributed by atoms with van der Waals surface area (Å²) in [6.45, 7) is 6.51. The summed E-state index contributed by atoms with van der Waals surface area (Å²) in [4.78, 5) is 30.7. The van der Waals surface area contributed by atoms with Gasteiger partial charge in [0.25, 0.3) is 0 Å². The standard InChI is InChI=1S/C36H41F2N7O4/c37-27-15-23(16-28(38)33(27)26-5-6-32(47)40-35(26)48)44-11-9-36(10-12-44)8-7-22(21-49-36)19-43-13-14-45-24(20-43)18-39-34-30(45)17-29(41-42-34)25-3-1-2-4-31(25)46/h1-4,15-17,22,24,26,46H,5-14,18-21H2,(H,39,42)(H,40,47,48)/t22?,24-,26?/m0/s1. The molecule has 3 aromatic rings. The zero-order valence-electron chi connectivity index (χ0n) is 27.3. The minimum absolute atomic E-state index is 0.0648. The molecule has 0 saturated carbocycles. The molecule has 2 amide bonds. The molecule has 13 heteroatoms. The van der Waals surface area contributed by atoms with Gasteiger partial charge in [0, 0.05) is 69.0 Å². The maximum atomic E-state index is 15.2. The highest BCUT2D eigenvalue weighted by Gasteiger charge is 2.41. The third-order valence-corrected chi connectivity index (χ3v) is 11.2. The molecule has 8 rings (SSSR count). The van der Waals surface area contributed by atoms with Crippen molar-refractivity contribution >= 4 is 29.0 Å². The lowest BCUT2D eigenvalue weighted by Crippen LogP contribution is -2.59. The Morgan fingerprint density at radius 1 is 0.980 bits per heavy atom. The number of halogens is 2. The molecule has 11 nitrogen and oxygen atoms in total. The Bertz CT molecular complexity index is 1730. The smallest absolute Gasteiger partial charge is 0.234 e. The number of para-hydroxylation sites is 1. The second-order valence-corrected chi connectivity index (χ2v) is 14.2. The number of phenols is 1. The Morgan fingerprint density at radius 3 is 2.51 bits per heavy atom. The average molecular weight is 674 g/mol. The Hall–Kier alpha value is -4.36. The number of hydrogen-bond donors (Lipinski definition) is 3. The molecule has 258 valence electrons. The summed E-state index contributed by atoms with van der Waals surface area (Å²) in [6.07, 6.45) is 3.79. The van der Waals surface area contributed by atoms with E-state index in [-0.39, 0.29) is 29.8 Å². The molecule has 1 aromatic heterocycles. The Kier molecular flexibility index (Phi) is 8.35. The van der Waals surface area contributed by atoms with Crippen LogP contribution in [-0.4, -0.2) is 96.1 Å². The van der Waals surface area contributed by atoms with Crippen LogP contribution < -0.4 is 20.4 Å². The van der Waals surface area contributed by atoms with Crippen LogP contribution in [0.3, 0.4) is 0 Å². The van der Waals surface area contributed by atoms with Gasteiger partial charge in [-0.2, -0.15) is 0 Å². The van der Waals surface area contributed by atoms with Gasteiger partial charge < -0.3 is 25.0 Å². The monoisotopic (exact) mass is 673 g/mol. The molecule has 5 aliphatic heterocycles. The van der Waals surface area contributed by atoms with Crippen LogP contribution in [0.1, 0.15) is 50.0 Å². The van der Waals surface area contributed by atoms with Crippen molar-refractivity contribution in [2.45, 2.75) is 56.1 Å². The van der Waals surface area contributed by atoms with E-state index in [2.05, 4.69) is 30.6 Å². The second-order valence-electron chi connectivity index (χ2n) is 14.2. The van der Waals surface area contributed by atoms with Crippen molar-refractivity contribution in [1.82, 2.24) is 20.4 Å². The number of carbonyl (C=O) groups excluding carboxylic acids is 2. The zero-order valence-corrected chi connectivity index (χ0v) is 27.3. The van der Waals surface area contributed by atoms with Crippen LogP contribution in [0.4, 0.5) is 26.0 Å². The first-order valence-electron chi connectivity index (χ1n) is 17.4. The number of benzene rings is 2. The number of phenolic OH excluding ortho intramolecular Hbond substituents is 1. The minimum atomic E-state index is -1.00. The van der Waals surface area contributed by atoms with E-state index < -0.39 is 29.4 Å². The molecule has 3 N–H and O–H groups in total. The van der Waals surface area contributed by atoms with Crippen LogP contribution >= 0.6 is 0 Å². The van der Waals surface area contributed by atoms with Crippen molar-refractivity contribution in [3.63, 3.8) is 0 Å². The van der Waals surface area contributed by atoms with E-state index in [0.29, 0.717) is 48.6 Å². The van der Waals surface area contributed by atoms with Gasteiger partial charge in [-0.15, -0.1) is 10.2 Å². The highest BCUT2D eigenvalue weighted by atomic mass is 19.1. The van der Waals surface area contributed by atoms with Crippen molar-refractivity contribution < 1.29 is 28.2 Å². The molecular formula is C36H41F2N7O4. The predicted molar refractivity (Wildman–Crippen MR) is 180 cm³/mol. The predicted octanol–water partition coefficient (Wildman–Crippen LogP) is 4.03. The molecule has 4 saturated heterocycles. The number of rotatable bonds is 5. The molecule has 0 radical (unpaired) electrons. The number of aromatic nitrogens is 2. The van der Waals surface area contributed by atoms with Gasteiger partial charge in [-0.05, 0) is 68.4 Å². The van der Waals surface area contributed by atoms with E-state index in [1.54, 1.807) is 12.1 Å². The lowest BCUT2D eigenvalue weighted by molar-refractivity contribution is -0.134. The van der Waals surface area contributed by atoms with E-state index in [9.17, 15) is 14.7 Å². The molecule has 5 aliphatic rings. The van der Waals surface area contributed by atoms with E-state index in [1.165, 1.54) is 12.1 Å². The Labute approximate surface area is 283 Å². The highest BCUT2D eigenvalue weighted by Crippen LogP contribution is 2.40. The number of carbonyl (C=O) groups is 2. The average Bonchev–Trinajstić information content (AvgIpc) is 3.10. The number of nitrogens with one attached hydrogen (secondary N) is 2. The second kappa shape index (κ2) is 12.8. The third-order valence-electron chi connectivity index (χ3n) is 11.2. The number of fused-ring (bicyclic) bond motifs is 3. The lowest BCUT2D eigenvalue weighted by atomic mass is 9.81. The van der Waals surface area contributed by atoms with Gasteiger partial charge in [0.05, 0.1) is 35.5 Å². The Morgan fingerprint density at radius 2 is 1.78 bits per heavy atom. The van der Waals surface area contributed by atoms with Crippen LogP contribution in [0.25, 0.3) is 11.3 Å². The molecule has 0 bridgehead atoms. The van der Waals surface area contributed by atoms with Crippen molar-refractivity contribution in [2.24, 2.45) is 5.92 Å². The number of ether oxygens (including phenoxy) is 1.